The van der Waals surface area contributed by atoms with Crippen LogP contribution in [-0.4, -0.2) is 124 Å². The normalized spacial score (nSPS) is 13.0. The number of ether oxygens (including phenoxy) is 6. The van der Waals surface area contributed by atoms with Gasteiger partial charge in [0, 0.05) is 50.1 Å². The summed E-state index contributed by atoms with van der Waals surface area (Å²) < 4.78 is 33.6. The van der Waals surface area contributed by atoms with Crippen molar-refractivity contribution in [3.05, 3.63) is 140 Å². The Hall–Kier alpha value is -8.74. The number of hydrogen-bond acceptors (Lipinski definition) is 20. The number of carbonyl (C=O) groups is 4. The van der Waals surface area contributed by atoms with Crippen LogP contribution in [0.5, 0.6) is 23.0 Å². The van der Waals surface area contributed by atoms with E-state index in [0.717, 1.165) is 75.3 Å². The highest BCUT2D eigenvalue weighted by molar-refractivity contribution is 6.30. The van der Waals surface area contributed by atoms with Crippen molar-refractivity contribution < 1.29 is 67.4 Å². The van der Waals surface area contributed by atoms with Crippen molar-refractivity contribution in [1.82, 2.24) is 20.4 Å². The monoisotopic (exact) mass is 1220 g/mol. The molecule has 0 saturated carbocycles. The summed E-state index contributed by atoms with van der Waals surface area (Å²) in [5.41, 5.74) is 3.50. The smallest absolute Gasteiger partial charge is 0.421 e. The number of methoxy groups -OCH3 is 2. The SMILES string of the molecule is CCCCCCC(C#N)CCC(c1cccc(OC(OC(=O)C(=O)OC(Oc2cccc(C(CCC(C#N)CCCCCC)N(C)CCc3cccc(OC)c3)c2)C(=O)NCCO[N+](=O)[O-])C(=O)NCCO[N+](=O)[O-])c1)N(C)CCc1cccc(OC)c1. The lowest BCUT2D eigenvalue weighted by Gasteiger charge is -2.30. The van der Waals surface area contributed by atoms with E-state index in [-0.39, 0.29) is 35.4 Å². The first-order chi connectivity index (χ1) is 42.5. The predicted molar refractivity (Wildman–Crippen MR) is 324 cm³/mol. The second-order valence-electron chi connectivity index (χ2n) is 21.3. The number of carbonyl (C=O) groups excluding carboxylic acids is 4. The second kappa shape index (κ2) is 40.6. The molecule has 24 heteroatoms. The van der Waals surface area contributed by atoms with Gasteiger partial charge in [-0.25, -0.2) is 9.59 Å². The van der Waals surface area contributed by atoms with E-state index >= 15 is 0 Å². The first-order valence-electron chi connectivity index (χ1n) is 30.0. The average Bonchev–Trinajstić information content (AvgIpc) is 3.37. The van der Waals surface area contributed by atoms with E-state index < -0.39 is 72.8 Å². The van der Waals surface area contributed by atoms with Gasteiger partial charge in [-0.05, 0) is 136 Å². The summed E-state index contributed by atoms with van der Waals surface area (Å²) in [4.78, 5) is 90.0. The van der Waals surface area contributed by atoms with Crippen LogP contribution in [-0.2, 0) is 51.2 Å². The Balaban J connectivity index is 1.64. The molecule has 2 amide bonds. The van der Waals surface area contributed by atoms with Crippen molar-refractivity contribution >= 4 is 23.8 Å². The zero-order valence-corrected chi connectivity index (χ0v) is 51.5. The molecule has 4 rings (SSSR count). The van der Waals surface area contributed by atoms with E-state index in [4.69, 9.17) is 28.4 Å². The molecule has 4 aromatic rings. The number of nitriles is 2. The number of likely N-dealkylation sites (N-methyl/N-ethyl adjacent to an activating group) is 2. The van der Waals surface area contributed by atoms with Crippen LogP contribution in [0.25, 0.3) is 0 Å². The van der Waals surface area contributed by atoms with Crippen molar-refractivity contribution in [3.63, 3.8) is 0 Å². The molecule has 0 bridgehead atoms. The molecule has 0 radical (unpaired) electrons. The van der Waals surface area contributed by atoms with Crippen LogP contribution in [0.3, 0.4) is 0 Å². The lowest BCUT2D eigenvalue weighted by atomic mass is 9.92. The number of unbranched alkanes of at least 4 members (excludes halogenated alkanes) is 6. The van der Waals surface area contributed by atoms with Gasteiger partial charge in [0.2, 0.25) is 0 Å². The fourth-order valence-corrected chi connectivity index (χ4v) is 9.91. The molecule has 0 heterocycles. The molecular formula is C64H86N8O16. The van der Waals surface area contributed by atoms with Gasteiger partial charge in [0.1, 0.15) is 36.2 Å². The minimum atomic E-state index is -2.25. The van der Waals surface area contributed by atoms with Crippen LogP contribution in [0.4, 0.5) is 0 Å². The molecule has 6 atom stereocenters. The first-order valence-corrected chi connectivity index (χ1v) is 30.0. The van der Waals surface area contributed by atoms with Gasteiger partial charge < -0.3 is 48.7 Å². The Labute approximate surface area is 515 Å². The molecule has 0 spiro atoms. The van der Waals surface area contributed by atoms with Crippen LogP contribution in [0.1, 0.15) is 138 Å². The molecule has 88 heavy (non-hydrogen) atoms. The van der Waals surface area contributed by atoms with E-state index in [1.165, 1.54) is 12.1 Å². The number of hydrogen-bond donors (Lipinski definition) is 2. The lowest BCUT2D eigenvalue weighted by molar-refractivity contribution is -0.757. The van der Waals surface area contributed by atoms with E-state index in [2.05, 4.69) is 56.1 Å². The molecule has 0 aromatic heterocycles. The summed E-state index contributed by atoms with van der Waals surface area (Å²) in [6, 6.07) is 33.1. The van der Waals surface area contributed by atoms with Gasteiger partial charge in [0.15, 0.2) is 0 Å². The highest BCUT2D eigenvalue weighted by Gasteiger charge is 2.35. The molecule has 6 unspecified atom stereocenters. The van der Waals surface area contributed by atoms with Crippen molar-refractivity contribution in [2.45, 2.75) is 141 Å². The summed E-state index contributed by atoms with van der Waals surface area (Å²) in [6.07, 6.45) is 8.74. The molecule has 0 aliphatic heterocycles. The third-order valence-electron chi connectivity index (χ3n) is 14.8. The molecule has 24 nitrogen and oxygen atoms in total. The van der Waals surface area contributed by atoms with Crippen LogP contribution in [0.15, 0.2) is 97.1 Å². The fraction of sp³-hybridized carbons (Fsp3) is 0.531. The van der Waals surface area contributed by atoms with Crippen molar-refractivity contribution in [2.24, 2.45) is 11.8 Å². The maximum atomic E-state index is 13.8. The van der Waals surface area contributed by atoms with Crippen LogP contribution < -0.4 is 29.6 Å². The maximum absolute atomic E-state index is 13.8. The Morgan fingerprint density at radius 1 is 0.534 bits per heavy atom. The summed E-state index contributed by atoms with van der Waals surface area (Å²) >= 11 is 0. The van der Waals surface area contributed by atoms with Crippen molar-refractivity contribution in [2.75, 3.05) is 67.7 Å². The third-order valence-corrected chi connectivity index (χ3v) is 14.8. The van der Waals surface area contributed by atoms with E-state index in [1.54, 1.807) is 38.5 Å². The standard InChI is InChI=1S/C64H86N8O16/c1-7-9-11-13-19-49(45-65)29-31-57(69(3)37-33-47-21-15-25-53(41-47)81-5)51-23-17-27-55(43-51)85-63(59(73)67-35-39-83-71(77)78)87-61(75)62(76)88-64(60(74)68-36-40-84-72(79)80)86-56-28-18-24-52(44-56)58(32-30-50(46-66)20-14-12-10-8-2)70(4)38-34-48-22-16-26-54(42-48)82-6/h15-18,21-28,41-44,49-50,57-58,63-64H,7-14,19-20,29-40H2,1-6H3,(H,67,73)(H,68,74). The van der Waals surface area contributed by atoms with Gasteiger partial charge in [0.05, 0.1) is 26.4 Å². The summed E-state index contributed by atoms with van der Waals surface area (Å²) in [5, 5.41) is 44.7. The van der Waals surface area contributed by atoms with E-state index in [0.29, 0.717) is 74.2 Å². The second-order valence-corrected chi connectivity index (χ2v) is 21.3. The number of nitrogens with one attached hydrogen (secondary N) is 2. The number of esters is 2. The summed E-state index contributed by atoms with van der Waals surface area (Å²) in [7, 11) is 7.11. The lowest BCUT2D eigenvalue weighted by Crippen LogP contribution is -2.46. The quantitative estimate of drug-likeness (QED) is 0.0104. The zero-order chi connectivity index (χ0) is 64.1. The number of benzene rings is 4. The molecule has 2 N–H and O–H groups in total. The first kappa shape index (κ1) is 71.7. The molecule has 0 aliphatic rings. The third kappa shape index (κ3) is 26.9. The maximum Gasteiger partial charge on any atom is 0.421 e. The fourth-order valence-electron chi connectivity index (χ4n) is 9.91. The Morgan fingerprint density at radius 2 is 0.920 bits per heavy atom. The van der Waals surface area contributed by atoms with Gasteiger partial charge >= 0.3 is 36.3 Å². The predicted octanol–water partition coefficient (Wildman–Crippen LogP) is 9.76. The van der Waals surface area contributed by atoms with Gasteiger partial charge in [-0.1, -0.05) is 114 Å². The number of amides is 2. The van der Waals surface area contributed by atoms with Crippen LogP contribution >= 0.6 is 0 Å². The molecular weight excluding hydrogens is 1140 g/mol. The minimum absolute atomic E-state index is 0.000250. The van der Waals surface area contributed by atoms with Crippen molar-refractivity contribution in [1.29, 1.82) is 10.5 Å². The van der Waals surface area contributed by atoms with Crippen molar-refractivity contribution in [3.8, 4) is 35.1 Å². The van der Waals surface area contributed by atoms with Crippen LogP contribution in [0.2, 0.25) is 0 Å². The minimum Gasteiger partial charge on any atom is -0.497 e. The van der Waals surface area contributed by atoms with Gasteiger partial charge in [-0.3, -0.25) is 19.4 Å². The number of rotatable bonds is 44. The Morgan fingerprint density at radius 3 is 1.28 bits per heavy atom. The molecule has 478 valence electrons. The highest BCUT2D eigenvalue weighted by atomic mass is 17.0. The van der Waals surface area contributed by atoms with Gasteiger partial charge in [-0.15, -0.1) is 20.2 Å². The van der Waals surface area contributed by atoms with Gasteiger partial charge in [0.25, 0.3) is 10.2 Å². The Kier molecular flexibility index (Phi) is 33.1. The number of nitrogens with zero attached hydrogens (tertiary/aromatic N) is 6. The summed E-state index contributed by atoms with van der Waals surface area (Å²) in [5.74, 6) is -4.97. The molecule has 0 fully saturated rings. The largest absolute Gasteiger partial charge is 0.497 e. The van der Waals surface area contributed by atoms with E-state index in [9.17, 15) is 49.9 Å². The highest BCUT2D eigenvalue weighted by Crippen LogP contribution is 2.33. The van der Waals surface area contributed by atoms with Crippen LogP contribution in [0, 0.1) is 54.7 Å². The average molecular weight is 1220 g/mol. The zero-order valence-electron chi connectivity index (χ0n) is 51.5. The summed E-state index contributed by atoms with van der Waals surface area (Å²) in [6.45, 7) is 3.28. The Bertz CT molecular complexity index is 2690. The van der Waals surface area contributed by atoms with Gasteiger partial charge in [-0.2, -0.15) is 10.5 Å². The molecule has 4 aromatic carbocycles. The molecule has 0 saturated heterocycles. The molecule has 0 aliphatic carbocycles. The topological polar surface area (TPSA) is 307 Å². The van der Waals surface area contributed by atoms with E-state index in [1.807, 2.05) is 74.8 Å².